The van der Waals surface area contributed by atoms with Gasteiger partial charge in [-0.1, -0.05) is 13.8 Å². The van der Waals surface area contributed by atoms with E-state index >= 15 is 0 Å². The molecule has 0 amide bonds. The van der Waals surface area contributed by atoms with Gasteiger partial charge in [0.1, 0.15) is 19.4 Å². The van der Waals surface area contributed by atoms with Gasteiger partial charge in [0.2, 0.25) is 5.95 Å². The van der Waals surface area contributed by atoms with Crippen LogP contribution in [0.25, 0.3) is 11.2 Å². The number of rotatable bonds is 7. The summed E-state index contributed by atoms with van der Waals surface area (Å²) < 4.78 is 20.8. The Hall–Kier alpha value is -2.39. The lowest BCUT2D eigenvalue weighted by Gasteiger charge is -2.14. The molecular weight excluding hydrogens is 415 g/mol. The van der Waals surface area contributed by atoms with E-state index in [9.17, 15) is 9.59 Å². The van der Waals surface area contributed by atoms with Crippen molar-refractivity contribution in [3.8, 4) is 0 Å². The Bertz CT molecular complexity index is 884. The predicted molar refractivity (Wildman–Crippen MR) is 100 cm³/mol. The van der Waals surface area contributed by atoms with E-state index < -0.39 is 25.4 Å². The molecule has 0 aliphatic carbocycles. The van der Waals surface area contributed by atoms with Crippen molar-refractivity contribution < 1.29 is 39.0 Å². The third-order valence-corrected chi connectivity index (χ3v) is 3.19. The number of fused-ring (bicyclic) bond motifs is 1. The van der Waals surface area contributed by atoms with Crippen LogP contribution in [0.4, 0.5) is 5.95 Å². The first-order chi connectivity index (χ1) is 12.9. The van der Waals surface area contributed by atoms with Gasteiger partial charge in [-0.15, -0.1) is 0 Å². The second-order valence-corrected chi connectivity index (χ2v) is 6.85. The predicted octanol–water partition coefficient (Wildman–Crippen LogP) is -2.55. The molecule has 0 aromatic carbocycles. The molecule has 0 fully saturated rings. The van der Waals surface area contributed by atoms with Crippen LogP contribution in [0, 0.1) is 5.92 Å². The average Bonchev–Trinajstić information content (AvgIpc) is 2.95. The third-order valence-electron chi connectivity index (χ3n) is 3.19. The summed E-state index contributed by atoms with van der Waals surface area (Å²) in [5.41, 5.74) is 11.2. The standard InChI is InChI=1S/C13H20N6O4.H3O4P.H2O/c1-7(2)8(14)12(21)23-4-3-22-6-19-5-16-9-10(19)17-13(15)18-11(9)20;1-5(2,3)4;/h5,7-8H,3-4,6,14H2,1-2H3,(H3,15,17,18,20);(H3,1,2,3,4);1H2/t8-;;/m0../s1. The van der Waals surface area contributed by atoms with Crippen molar-refractivity contribution in [3.63, 3.8) is 0 Å². The number of esters is 1. The Labute approximate surface area is 164 Å². The van der Waals surface area contributed by atoms with Crippen LogP contribution in [-0.4, -0.2) is 64.9 Å². The van der Waals surface area contributed by atoms with Gasteiger partial charge in [-0.05, 0) is 5.92 Å². The summed E-state index contributed by atoms with van der Waals surface area (Å²) in [7, 11) is -4.64. The van der Waals surface area contributed by atoms with Crippen LogP contribution in [0.5, 0.6) is 0 Å². The van der Waals surface area contributed by atoms with Crippen LogP contribution in [-0.2, 0) is 25.6 Å². The van der Waals surface area contributed by atoms with Crippen LogP contribution < -0.4 is 17.0 Å². The number of aromatic amines is 1. The first-order valence-corrected chi connectivity index (χ1v) is 9.45. The molecule has 1 atom stereocenters. The van der Waals surface area contributed by atoms with E-state index in [-0.39, 0.29) is 42.8 Å². The maximum Gasteiger partial charge on any atom is 0.466 e. The number of aromatic nitrogens is 4. The Morgan fingerprint density at radius 1 is 1.34 bits per heavy atom. The van der Waals surface area contributed by atoms with E-state index in [0.29, 0.717) is 5.65 Å². The van der Waals surface area contributed by atoms with Crippen molar-refractivity contribution in [1.29, 1.82) is 0 Å². The van der Waals surface area contributed by atoms with Crippen molar-refractivity contribution in [3.05, 3.63) is 16.7 Å². The molecule has 2 heterocycles. The summed E-state index contributed by atoms with van der Waals surface area (Å²) in [6, 6.07) is -0.647. The second-order valence-electron chi connectivity index (χ2n) is 5.83. The summed E-state index contributed by atoms with van der Waals surface area (Å²) in [5, 5.41) is 0. The summed E-state index contributed by atoms with van der Waals surface area (Å²) in [4.78, 5) is 55.0. The zero-order chi connectivity index (χ0) is 21.5. The van der Waals surface area contributed by atoms with Gasteiger partial charge in [0, 0.05) is 0 Å². The van der Waals surface area contributed by atoms with Crippen LogP contribution in [0.3, 0.4) is 0 Å². The quantitative estimate of drug-likeness (QED) is 0.148. The minimum absolute atomic E-state index is 0. The molecule has 15 nitrogen and oxygen atoms in total. The van der Waals surface area contributed by atoms with Gasteiger partial charge >= 0.3 is 13.8 Å². The lowest BCUT2D eigenvalue weighted by molar-refractivity contribution is -0.148. The number of nitrogens with zero attached hydrogens (tertiary/aromatic N) is 3. The fourth-order valence-corrected chi connectivity index (χ4v) is 1.80. The topological polar surface area (TPSA) is 260 Å². The van der Waals surface area contributed by atoms with E-state index in [4.69, 9.17) is 40.2 Å². The van der Waals surface area contributed by atoms with Crippen molar-refractivity contribution in [1.82, 2.24) is 19.5 Å². The number of carbonyl (C=O) groups excluding carboxylic acids is 1. The van der Waals surface area contributed by atoms with Crippen LogP contribution >= 0.6 is 7.82 Å². The highest BCUT2D eigenvalue weighted by Crippen LogP contribution is 2.25. The lowest BCUT2D eigenvalue weighted by atomic mass is 10.1. The van der Waals surface area contributed by atoms with Gasteiger partial charge in [0.25, 0.3) is 5.56 Å². The zero-order valence-electron chi connectivity index (χ0n) is 15.7. The summed E-state index contributed by atoms with van der Waals surface area (Å²) in [6.45, 7) is 4.04. The van der Waals surface area contributed by atoms with Gasteiger partial charge in [-0.3, -0.25) is 19.1 Å². The fourth-order valence-electron chi connectivity index (χ4n) is 1.80. The molecule has 166 valence electrons. The smallest absolute Gasteiger partial charge is 0.462 e. The van der Waals surface area contributed by atoms with Crippen LogP contribution in [0.1, 0.15) is 13.8 Å². The molecule has 0 saturated carbocycles. The number of H-pyrrole nitrogens is 1. The molecule has 29 heavy (non-hydrogen) atoms. The SMILES string of the molecule is CC(C)[C@H](N)C(=O)OCCOCn1cnc2c(=O)[nH]c(N)nc21.O.O=P(O)(O)O. The molecule has 0 aliphatic rings. The largest absolute Gasteiger partial charge is 0.466 e. The number of anilines is 1. The van der Waals surface area contributed by atoms with Gasteiger partial charge < -0.3 is 41.1 Å². The number of imidazole rings is 1. The highest BCUT2D eigenvalue weighted by atomic mass is 31.2. The molecule has 2 aromatic rings. The van der Waals surface area contributed by atoms with E-state index in [1.54, 1.807) is 0 Å². The Kier molecular flexibility index (Phi) is 10.6. The van der Waals surface area contributed by atoms with Gasteiger partial charge in [-0.2, -0.15) is 4.98 Å². The minimum Gasteiger partial charge on any atom is -0.462 e. The molecular formula is C13H25N6O9P. The molecule has 16 heteroatoms. The Balaban J connectivity index is 0.00000117. The normalized spacial score (nSPS) is 12.1. The zero-order valence-corrected chi connectivity index (χ0v) is 16.6. The van der Waals surface area contributed by atoms with Crippen molar-refractivity contribution >= 4 is 30.9 Å². The molecule has 10 N–H and O–H groups in total. The Morgan fingerprint density at radius 3 is 2.48 bits per heavy atom. The minimum atomic E-state index is -4.64. The molecule has 0 saturated heterocycles. The summed E-state index contributed by atoms with van der Waals surface area (Å²) in [6.07, 6.45) is 1.42. The molecule has 2 aromatic heterocycles. The fraction of sp³-hybridized carbons (Fsp3) is 0.538. The van der Waals surface area contributed by atoms with Crippen molar-refractivity contribution in [2.45, 2.75) is 26.6 Å². The highest BCUT2D eigenvalue weighted by Gasteiger charge is 2.18. The Morgan fingerprint density at radius 2 is 1.93 bits per heavy atom. The maximum atomic E-state index is 11.6. The average molecular weight is 440 g/mol. The monoisotopic (exact) mass is 440 g/mol. The van der Waals surface area contributed by atoms with Gasteiger partial charge in [0.05, 0.1) is 12.9 Å². The molecule has 0 unspecified atom stereocenters. The number of nitrogens with two attached hydrogens (primary N) is 2. The van der Waals surface area contributed by atoms with Crippen LogP contribution in [0.2, 0.25) is 0 Å². The number of hydrogen-bond acceptors (Lipinski definition) is 9. The number of ether oxygens (including phenoxy) is 2. The van der Waals surface area contributed by atoms with E-state index in [1.165, 1.54) is 10.9 Å². The highest BCUT2D eigenvalue weighted by molar-refractivity contribution is 7.45. The number of nitrogens with one attached hydrogen (secondary N) is 1. The first-order valence-electron chi connectivity index (χ1n) is 7.89. The third kappa shape index (κ3) is 9.58. The molecule has 0 aliphatic heterocycles. The number of carbonyl (C=O) groups is 1. The molecule has 0 spiro atoms. The molecule has 0 bridgehead atoms. The lowest BCUT2D eigenvalue weighted by Crippen LogP contribution is -2.37. The van der Waals surface area contributed by atoms with E-state index in [0.717, 1.165) is 0 Å². The van der Waals surface area contributed by atoms with Crippen molar-refractivity contribution in [2.24, 2.45) is 11.7 Å². The molecule has 2 rings (SSSR count). The summed E-state index contributed by atoms with van der Waals surface area (Å²) in [5.74, 6) is -0.450. The molecule has 0 radical (unpaired) electrons. The number of nitrogen functional groups attached to an aromatic ring is 1. The summed E-state index contributed by atoms with van der Waals surface area (Å²) >= 11 is 0. The van der Waals surface area contributed by atoms with Gasteiger partial charge in [-0.25, -0.2) is 9.55 Å². The van der Waals surface area contributed by atoms with Crippen molar-refractivity contribution in [2.75, 3.05) is 18.9 Å². The second kappa shape index (κ2) is 11.6. The van der Waals surface area contributed by atoms with Crippen LogP contribution in [0.15, 0.2) is 11.1 Å². The first kappa shape index (κ1) is 26.6. The number of phosphoric acid groups is 1. The van der Waals surface area contributed by atoms with Gasteiger partial charge in [0.15, 0.2) is 11.2 Å². The number of hydrogen-bond donors (Lipinski definition) is 6. The van der Waals surface area contributed by atoms with E-state index in [2.05, 4.69) is 15.0 Å². The van der Waals surface area contributed by atoms with E-state index in [1.807, 2.05) is 13.8 Å². The maximum absolute atomic E-state index is 11.6.